The number of amides is 1. The summed E-state index contributed by atoms with van der Waals surface area (Å²) in [5, 5.41) is 24.5. The molecule has 1 unspecified atom stereocenters. The molecule has 0 aliphatic carbocycles. The Hall–Kier alpha value is -4.04. The van der Waals surface area contributed by atoms with Crippen LogP contribution in [0.4, 0.5) is 10.2 Å². The van der Waals surface area contributed by atoms with Crippen molar-refractivity contribution in [2.24, 2.45) is 0 Å². The fourth-order valence-electron chi connectivity index (χ4n) is 4.39. The molecule has 3 N–H and O–H groups in total. The summed E-state index contributed by atoms with van der Waals surface area (Å²) in [6, 6.07) is 18.0. The van der Waals surface area contributed by atoms with Crippen LogP contribution < -0.4 is 10.2 Å². The average molecular weight is 479 g/mol. The van der Waals surface area contributed by atoms with E-state index in [9.17, 15) is 19.4 Å². The summed E-state index contributed by atoms with van der Waals surface area (Å²) in [4.78, 5) is 24.2. The molecule has 8 heteroatoms. The molecule has 5 rings (SSSR count). The number of phenols is 1. The molecule has 1 saturated heterocycles. The number of benzene rings is 3. The van der Waals surface area contributed by atoms with E-state index in [1.807, 2.05) is 31.2 Å². The molecule has 3 aromatic carbocycles. The first kappa shape index (κ1) is 22.7. The number of anilines is 1. The van der Waals surface area contributed by atoms with Crippen LogP contribution in [-0.4, -0.2) is 45.2 Å². The van der Waals surface area contributed by atoms with Crippen LogP contribution in [0, 0.1) is 12.7 Å². The third kappa shape index (κ3) is 4.65. The number of aromatic nitrogens is 2. The summed E-state index contributed by atoms with van der Waals surface area (Å²) in [7, 11) is 0. The van der Waals surface area contributed by atoms with Crippen LogP contribution >= 0.6 is 0 Å². The maximum Gasteiger partial charge on any atom is 0.253 e. The van der Waals surface area contributed by atoms with E-state index in [1.54, 1.807) is 18.2 Å². The molecule has 2 heterocycles. The molecule has 1 amide bonds. The molecule has 0 spiro atoms. The normalized spacial score (nSPS) is 16.4. The molecule has 1 fully saturated rings. The molecular weight excluding hydrogens is 447 g/mol. The summed E-state index contributed by atoms with van der Waals surface area (Å²) >= 11 is 0. The Morgan fingerprint density at radius 2 is 1.91 bits per heavy atom. The van der Waals surface area contributed by atoms with Crippen molar-refractivity contribution in [3.05, 3.63) is 83.7 Å². The fourth-order valence-corrected chi connectivity index (χ4v) is 4.39. The second-order valence-corrected chi connectivity index (χ2v) is 8.80. The molecular formula is C27H31FN4O3. The van der Waals surface area contributed by atoms with E-state index in [1.165, 1.54) is 24.3 Å². The van der Waals surface area contributed by atoms with Gasteiger partial charge in [-0.05, 0) is 60.9 Å². The molecule has 4 aromatic rings. The second-order valence-electron chi connectivity index (χ2n) is 8.80. The number of rotatable bonds is 5. The molecule has 1 aliphatic rings. The molecule has 35 heavy (non-hydrogen) atoms. The van der Waals surface area contributed by atoms with Crippen molar-refractivity contribution in [2.45, 2.75) is 25.5 Å². The fraction of sp³-hybridized carbons (Fsp3) is 0.222. The summed E-state index contributed by atoms with van der Waals surface area (Å²) < 4.78 is 13.2. The molecule has 184 valence electrons. The zero-order chi connectivity index (χ0) is 24.5. The number of phenolic OH excluding ortho intramolecular Hbond substituents is 1. The monoisotopic (exact) mass is 478 g/mol. The Kier molecular flexibility index (Phi) is 6.05. The number of para-hydroxylation sites is 1. The van der Waals surface area contributed by atoms with E-state index < -0.39 is 17.8 Å². The SMILES string of the molecule is Cc1ccc2c(N3CC[C@@H](NC(=O)C(O)c4ccc(F)cc4)C3)nc(-c3ccccc3O)nc2c1.[HH].[HH].[HH]. The molecule has 0 saturated carbocycles. The summed E-state index contributed by atoms with van der Waals surface area (Å²) in [6.45, 7) is 3.15. The Balaban J connectivity index is 0.00000169. The third-order valence-corrected chi connectivity index (χ3v) is 6.25. The first-order valence-corrected chi connectivity index (χ1v) is 11.4. The highest BCUT2D eigenvalue weighted by Crippen LogP contribution is 2.33. The molecule has 1 aliphatic heterocycles. The standard InChI is InChI=1S/C27H25FN4O3.3H2/c1-16-6-11-20-22(14-16)30-25(21-4-2-3-5-23(21)33)31-26(20)32-13-12-19(15-32)29-27(35)24(34)17-7-9-18(28)10-8-17;;;/h2-11,14,19,24,33-34H,12-13,15H2,1H3,(H,29,35);3*1H/t19-,24?;;;/m1.../s1. The zero-order valence-electron chi connectivity index (χ0n) is 19.1. The number of aliphatic hydroxyl groups excluding tert-OH is 1. The highest BCUT2D eigenvalue weighted by molar-refractivity contribution is 5.92. The average Bonchev–Trinajstić information content (AvgIpc) is 3.31. The molecule has 7 nitrogen and oxygen atoms in total. The van der Waals surface area contributed by atoms with Gasteiger partial charge in [0.2, 0.25) is 0 Å². The number of hydrogen-bond acceptors (Lipinski definition) is 6. The minimum atomic E-state index is -1.37. The van der Waals surface area contributed by atoms with Crippen molar-refractivity contribution in [2.75, 3.05) is 18.0 Å². The van der Waals surface area contributed by atoms with E-state index in [0.29, 0.717) is 36.5 Å². The van der Waals surface area contributed by atoms with E-state index in [-0.39, 0.29) is 16.1 Å². The van der Waals surface area contributed by atoms with Gasteiger partial charge < -0.3 is 20.4 Å². The third-order valence-electron chi connectivity index (χ3n) is 6.25. The van der Waals surface area contributed by atoms with Crippen LogP contribution in [0.1, 0.15) is 27.9 Å². The first-order chi connectivity index (χ1) is 16.9. The largest absolute Gasteiger partial charge is 0.507 e. The molecule has 2 atom stereocenters. The van der Waals surface area contributed by atoms with E-state index >= 15 is 0 Å². The van der Waals surface area contributed by atoms with Crippen LogP contribution in [0.25, 0.3) is 22.3 Å². The van der Waals surface area contributed by atoms with Crippen LogP contribution in [0.15, 0.2) is 66.7 Å². The van der Waals surface area contributed by atoms with Gasteiger partial charge in [0.1, 0.15) is 17.4 Å². The van der Waals surface area contributed by atoms with Crippen molar-refractivity contribution in [3.8, 4) is 17.1 Å². The highest BCUT2D eigenvalue weighted by atomic mass is 19.1. The smallest absolute Gasteiger partial charge is 0.253 e. The quantitative estimate of drug-likeness (QED) is 0.387. The van der Waals surface area contributed by atoms with Crippen LogP contribution in [0.3, 0.4) is 0 Å². The van der Waals surface area contributed by atoms with Crippen molar-refractivity contribution >= 4 is 22.6 Å². The van der Waals surface area contributed by atoms with Gasteiger partial charge in [0.05, 0.1) is 11.1 Å². The lowest BCUT2D eigenvalue weighted by atomic mass is 10.1. The van der Waals surface area contributed by atoms with E-state index in [0.717, 1.165) is 22.3 Å². The highest BCUT2D eigenvalue weighted by Gasteiger charge is 2.29. The predicted octanol–water partition coefficient (Wildman–Crippen LogP) is 4.62. The van der Waals surface area contributed by atoms with Gasteiger partial charge in [0.25, 0.3) is 5.91 Å². The lowest BCUT2D eigenvalue weighted by Crippen LogP contribution is -2.40. The summed E-state index contributed by atoms with van der Waals surface area (Å²) in [5.74, 6) is 0.302. The molecule has 1 aromatic heterocycles. The van der Waals surface area contributed by atoms with Gasteiger partial charge in [-0.3, -0.25) is 4.79 Å². The number of carbonyl (C=O) groups excluding carboxylic acids is 1. The molecule has 0 radical (unpaired) electrons. The maximum atomic E-state index is 13.2. The number of aromatic hydroxyl groups is 1. The Labute approximate surface area is 206 Å². The summed E-state index contributed by atoms with van der Waals surface area (Å²) in [6.07, 6.45) is -0.703. The summed E-state index contributed by atoms with van der Waals surface area (Å²) in [5.41, 5.74) is 2.71. The number of hydrogen-bond donors (Lipinski definition) is 3. The minimum Gasteiger partial charge on any atom is -0.507 e. The van der Waals surface area contributed by atoms with Crippen molar-refractivity contribution in [1.82, 2.24) is 15.3 Å². The lowest BCUT2D eigenvalue weighted by Gasteiger charge is -2.21. The lowest BCUT2D eigenvalue weighted by molar-refractivity contribution is -0.130. The Morgan fingerprint density at radius 1 is 1.14 bits per heavy atom. The minimum absolute atomic E-state index is 0. The number of aliphatic hydroxyl groups is 1. The topological polar surface area (TPSA) is 98.6 Å². The van der Waals surface area contributed by atoms with Gasteiger partial charge >= 0.3 is 0 Å². The van der Waals surface area contributed by atoms with E-state index in [2.05, 4.69) is 10.2 Å². The van der Waals surface area contributed by atoms with Gasteiger partial charge in [-0.15, -0.1) is 0 Å². The number of carbonyl (C=O) groups is 1. The number of halogens is 1. The predicted molar refractivity (Wildman–Crippen MR) is 138 cm³/mol. The van der Waals surface area contributed by atoms with Crippen LogP contribution in [-0.2, 0) is 4.79 Å². The number of aryl methyl sites for hydroxylation is 1. The first-order valence-electron chi connectivity index (χ1n) is 11.4. The Bertz CT molecular complexity index is 1410. The zero-order valence-corrected chi connectivity index (χ0v) is 19.1. The second kappa shape index (κ2) is 9.31. The van der Waals surface area contributed by atoms with E-state index in [4.69, 9.17) is 9.97 Å². The van der Waals surface area contributed by atoms with Gasteiger partial charge in [-0.2, -0.15) is 0 Å². The number of fused-ring (bicyclic) bond motifs is 1. The van der Waals surface area contributed by atoms with Gasteiger partial charge in [0.15, 0.2) is 11.9 Å². The van der Waals surface area contributed by atoms with Gasteiger partial charge in [-0.1, -0.05) is 30.3 Å². The van der Waals surface area contributed by atoms with Crippen molar-refractivity contribution < 1.29 is 23.7 Å². The van der Waals surface area contributed by atoms with Crippen LogP contribution in [0.5, 0.6) is 5.75 Å². The maximum absolute atomic E-state index is 13.2. The van der Waals surface area contributed by atoms with Gasteiger partial charge in [-0.25, -0.2) is 14.4 Å². The van der Waals surface area contributed by atoms with Crippen molar-refractivity contribution in [3.63, 3.8) is 0 Å². The van der Waals surface area contributed by atoms with Gasteiger partial charge in [0, 0.05) is 28.8 Å². The number of nitrogens with one attached hydrogen (secondary N) is 1. The molecule has 0 bridgehead atoms. The van der Waals surface area contributed by atoms with Crippen molar-refractivity contribution in [1.29, 1.82) is 0 Å². The Morgan fingerprint density at radius 3 is 2.69 bits per heavy atom. The van der Waals surface area contributed by atoms with Crippen LogP contribution in [0.2, 0.25) is 0 Å². The number of nitrogens with zero attached hydrogens (tertiary/aromatic N) is 3.